The predicted octanol–water partition coefficient (Wildman–Crippen LogP) is 6.04. The van der Waals surface area contributed by atoms with Gasteiger partial charge in [0.15, 0.2) is 5.82 Å². The van der Waals surface area contributed by atoms with Crippen LogP contribution in [0.1, 0.15) is 11.1 Å². The number of pyridine rings is 1. The fourth-order valence-electron chi connectivity index (χ4n) is 2.95. The molecule has 27 heavy (non-hydrogen) atoms. The molecular weight excluding hydrogens is 336 g/mol. The maximum atomic E-state index is 5.26. The number of azo groups is 1. The van der Waals surface area contributed by atoms with Gasteiger partial charge in [-0.25, -0.2) is 4.98 Å². The lowest BCUT2D eigenvalue weighted by Gasteiger charge is -2.02. The number of methoxy groups -OCH3 is 1. The Morgan fingerprint density at radius 3 is 2.33 bits per heavy atom. The number of rotatable bonds is 4. The third-order valence-corrected chi connectivity index (χ3v) is 4.48. The Hall–Kier alpha value is -3.47. The second kappa shape index (κ2) is 7.03. The lowest BCUT2D eigenvalue weighted by Crippen LogP contribution is -1.85. The second-order valence-electron chi connectivity index (χ2n) is 6.43. The van der Waals surface area contributed by atoms with E-state index in [4.69, 9.17) is 9.72 Å². The Kier molecular flexibility index (Phi) is 4.42. The molecule has 134 valence electrons. The van der Waals surface area contributed by atoms with Crippen LogP contribution in [0.4, 0.5) is 11.5 Å². The number of fused-ring (bicyclic) bond motifs is 1. The van der Waals surface area contributed by atoms with Crippen molar-refractivity contribution in [1.29, 1.82) is 0 Å². The molecule has 4 aromatic rings. The van der Waals surface area contributed by atoms with Crippen molar-refractivity contribution in [2.75, 3.05) is 7.11 Å². The second-order valence-corrected chi connectivity index (χ2v) is 6.43. The molecular formula is C22H20N4O. The summed E-state index contributed by atoms with van der Waals surface area (Å²) in [6.45, 7) is 4.09. The monoisotopic (exact) mass is 356 g/mol. The zero-order chi connectivity index (χ0) is 18.8. The summed E-state index contributed by atoms with van der Waals surface area (Å²) < 4.78 is 7.24. The van der Waals surface area contributed by atoms with Crippen molar-refractivity contribution in [3.8, 4) is 17.0 Å². The van der Waals surface area contributed by atoms with Crippen molar-refractivity contribution >= 4 is 17.2 Å². The molecule has 0 aliphatic heterocycles. The molecule has 0 radical (unpaired) electrons. The van der Waals surface area contributed by atoms with Gasteiger partial charge in [-0.15, -0.1) is 10.2 Å². The van der Waals surface area contributed by atoms with Crippen molar-refractivity contribution in [2.45, 2.75) is 13.8 Å². The molecule has 0 saturated carbocycles. The first kappa shape index (κ1) is 17.0. The van der Waals surface area contributed by atoms with Gasteiger partial charge in [-0.3, -0.25) is 4.40 Å². The molecule has 2 aromatic heterocycles. The summed E-state index contributed by atoms with van der Waals surface area (Å²) >= 11 is 0. The normalized spacial score (nSPS) is 11.4. The molecule has 0 bridgehead atoms. The first-order valence-corrected chi connectivity index (χ1v) is 8.76. The van der Waals surface area contributed by atoms with Gasteiger partial charge in [0, 0.05) is 11.8 Å². The summed E-state index contributed by atoms with van der Waals surface area (Å²) in [6, 6.07) is 19.8. The summed E-state index contributed by atoms with van der Waals surface area (Å²) in [4.78, 5) is 4.83. The number of aromatic nitrogens is 2. The third kappa shape index (κ3) is 3.31. The van der Waals surface area contributed by atoms with Gasteiger partial charge in [0.2, 0.25) is 0 Å². The van der Waals surface area contributed by atoms with E-state index < -0.39 is 0 Å². The largest absolute Gasteiger partial charge is 0.497 e. The lowest BCUT2D eigenvalue weighted by atomic mass is 10.1. The van der Waals surface area contributed by atoms with E-state index in [0.717, 1.165) is 33.9 Å². The first-order valence-electron chi connectivity index (χ1n) is 8.76. The van der Waals surface area contributed by atoms with Gasteiger partial charge in [-0.05, 0) is 61.9 Å². The SMILES string of the molecule is COc1ccc(-c2nc3c(C)cccn3c2N=Nc2ccc(C)cc2)cc1. The summed E-state index contributed by atoms with van der Waals surface area (Å²) in [5, 5.41) is 8.98. The van der Waals surface area contributed by atoms with Crippen LogP contribution in [0.15, 0.2) is 77.1 Å². The lowest BCUT2D eigenvalue weighted by molar-refractivity contribution is 0.415. The van der Waals surface area contributed by atoms with Gasteiger partial charge in [-0.1, -0.05) is 23.8 Å². The standard InChI is InChI=1S/C22H20N4O/c1-15-6-10-18(11-7-15)24-25-22-20(17-8-12-19(27-3)13-9-17)23-21-16(2)5-4-14-26(21)22/h4-14H,1-3H3. The van der Waals surface area contributed by atoms with E-state index in [9.17, 15) is 0 Å². The summed E-state index contributed by atoms with van der Waals surface area (Å²) in [7, 11) is 1.66. The van der Waals surface area contributed by atoms with Crippen LogP contribution in [0.3, 0.4) is 0 Å². The summed E-state index contributed by atoms with van der Waals surface area (Å²) in [5.74, 6) is 1.51. The Morgan fingerprint density at radius 1 is 0.889 bits per heavy atom. The van der Waals surface area contributed by atoms with Crippen molar-refractivity contribution < 1.29 is 4.74 Å². The maximum absolute atomic E-state index is 5.26. The van der Waals surface area contributed by atoms with Crippen LogP contribution in [0.5, 0.6) is 5.75 Å². The molecule has 0 fully saturated rings. The van der Waals surface area contributed by atoms with Crippen molar-refractivity contribution in [3.63, 3.8) is 0 Å². The Bertz CT molecular complexity index is 1110. The number of imidazole rings is 1. The molecule has 0 N–H and O–H groups in total. The molecule has 0 atom stereocenters. The van der Waals surface area contributed by atoms with Crippen LogP contribution < -0.4 is 4.74 Å². The number of hydrogen-bond acceptors (Lipinski definition) is 4. The molecule has 0 spiro atoms. The van der Waals surface area contributed by atoms with E-state index in [2.05, 4.69) is 17.2 Å². The van der Waals surface area contributed by atoms with Crippen molar-refractivity contribution in [3.05, 3.63) is 78.0 Å². The minimum Gasteiger partial charge on any atom is -0.497 e. The average Bonchev–Trinajstić information content (AvgIpc) is 3.08. The van der Waals surface area contributed by atoms with Crippen LogP contribution in [0.25, 0.3) is 16.9 Å². The van der Waals surface area contributed by atoms with Crippen LogP contribution in [-0.4, -0.2) is 16.5 Å². The molecule has 0 unspecified atom stereocenters. The van der Waals surface area contributed by atoms with E-state index in [1.165, 1.54) is 5.56 Å². The summed E-state index contributed by atoms with van der Waals surface area (Å²) in [5.41, 5.74) is 5.73. The molecule has 0 amide bonds. The zero-order valence-electron chi connectivity index (χ0n) is 15.5. The van der Waals surface area contributed by atoms with Gasteiger partial charge < -0.3 is 4.74 Å². The molecule has 0 aliphatic rings. The topological polar surface area (TPSA) is 51.2 Å². The van der Waals surface area contributed by atoms with Gasteiger partial charge in [0.05, 0.1) is 12.8 Å². The van der Waals surface area contributed by atoms with E-state index in [-0.39, 0.29) is 0 Å². The molecule has 2 heterocycles. The highest BCUT2D eigenvalue weighted by Gasteiger charge is 2.15. The molecule has 2 aromatic carbocycles. The maximum Gasteiger partial charge on any atom is 0.187 e. The van der Waals surface area contributed by atoms with Crippen LogP contribution in [-0.2, 0) is 0 Å². The summed E-state index contributed by atoms with van der Waals surface area (Å²) in [6.07, 6.45) is 1.96. The van der Waals surface area contributed by atoms with E-state index >= 15 is 0 Å². The van der Waals surface area contributed by atoms with Gasteiger partial charge in [0.25, 0.3) is 0 Å². The fraction of sp³-hybridized carbons (Fsp3) is 0.136. The number of ether oxygens (including phenoxy) is 1. The van der Waals surface area contributed by atoms with E-state index in [0.29, 0.717) is 5.82 Å². The predicted molar refractivity (Wildman–Crippen MR) is 107 cm³/mol. The number of hydrogen-bond donors (Lipinski definition) is 0. The first-order chi connectivity index (χ1) is 13.2. The van der Waals surface area contributed by atoms with Crippen LogP contribution in [0.2, 0.25) is 0 Å². The average molecular weight is 356 g/mol. The Labute approximate surface area is 158 Å². The Balaban J connectivity index is 1.85. The molecule has 5 heteroatoms. The van der Waals surface area contributed by atoms with Crippen molar-refractivity contribution in [2.24, 2.45) is 10.2 Å². The van der Waals surface area contributed by atoms with Crippen LogP contribution in [0, 0.1) is 13.8 Å². The third-order valence-electron chi connectivity index (χ3n) is 4.48. The molecule has 4 rings (SSSR count). The van der Waals surface area contributed by atoms with Crippen molar-refractivity contribution in [1.82, 2.24) is 9.38 Å². The minimum absolute atomic E-state index is 0.708. The number of nitrogens with zero attached hydrogens (tertiary/aromatic N) is 4. The Morgan fingerprint density at radius 2 is 1.63 bits per heavy atom. The van der Waals surface area contributed by atoms with Crippen LogP contribution >= 0.6 is 0 Å². The van der Waals surface area contributed by atoms with Gasteiger partial charge >= 0.3 is 0 Å². The highest BCUT2D eigenvalue weighted by molar-refractivity contribution is 5.75. The molecule has 5 nitrogen and oxygen atoms in total. The van der Waals surface area contributed by atoms with E-state index in [1.54, 1.807) is 7.11 Å². The quantitative estimate of drug-likeness (QED) is 0.418. The number of aryl methyl sites for hydroxylation is 2. The highest BCUT2D eigenvalue weighted by atomic mass is 16.5. The van der Waals surface area contributed by atoms with Gasteiger partial charge in [0.1, 0.15) is 17.1 Å². The smallest absolute Gasteiger partial charge is 0.187 e. The zero-order valence-corrected chi connectivity index (χ0v) is 15.5. The fourth-order valence-corrected chi connectivity index (χ4v) is 2.95. The van der Waals surface area contributed by atoms with Gasteiger partial charge in [-0.2, -0.15) is 0 Å². The highest BCUT2D eigenvalue weighted by Crippen LogP contribution is 2.33. The molecule has 0 saturated heterocycles. The number of benzene rings is 2. The molecule has 0 aliphatic carbocycles. The minimum atomic E-state index is 0.708. The van der Waals surface area contributed by atoms with E-state index in [1.807, 2.05) is 78.2 Å².